The maximum absolute atomic E-state index is 10.5. The zero-order valence-corrected chi connectivity index (χ0v) is 9.23. The van der Waals surface area contributed by atoms with E-state index in [4.69, 9.17) is 11.6 Å². The molecule has 1 heterocycles. The second-order valence-corrected chi connectivity index (χ2v) is 3.87. The van der Waals surface area contributed by atoms with Gasteiger partial charge in [0.25, 0.3) is 0 Å². The van der Waals surface area contributed by atoms with Crippen LogP contribution >= 0.6 is 11.6 Å². The quantitative estimate of drug-likeness (QED) is 0.632. The van der Waals surface area contributed by atoms with Crippen molar-refractivity contribution in [3.63, 3.8) is 0 Å². The molecule has 1 unspecified atom stereocenters. The molecule has 0 aliphatic heterocycles. The van der Waals surface area contributed by atoms with Crippen LogP contribution < -0.4 is 0 Å². The molecule has 1 rings (SSSR count). The van der Waals surface area contributed by atoms with Crippen LogP contribution in [-0.2, 0) is 5.54 Å². The molecular weight excluding hydrogens is 222 g/mol. The first-order valence-corrected chi connectivity index (χ1v) is 4.83. The van der Waals surface area contributed by atoms with Crippen molar-refractivity contribution < 1.29 is 10.0 Å². The Labute approximate surface area is 91.6 Å². The zero-order valence-electron chi connectivity index (χ0n) is 8.47. The van der Waals surface area contributed by atoms with E-state index in [0.29, 0.717) is 6.42 Å². The summed E-state index contributed by atoms with van der Waals surface area (Å²) in [5.74, 6) is 0. The lowest BCUT2D eigenvalue weighted by atomic mass is 10.0. The summed E-state index contributed by atoms with van der Waals surface area (Å²) in [7, 11) is 0. The van der Waals surface area contributed by atoms with E-state index < -0.39 is 10.5 Å². The van der Waals surface area contributed by atoms with Crippen LogP contribution in [0, 0.1) is 10.1 Å². The van der Waals surface area contributed by atoms with Gasteiger partial charge >= 0.3 is 5.69 Å². The van der Waals surface area contributed by atoms with Crippen molar-refractivity contribution >= 4 is 17.3 Å². The Kier molecular flexibility index (Phi) is 3.31. The lowest BCUT2D eigenvalue weighted by Gasteiger charge is -2.25. The number of hydrogen-bond acceptors (Lipinski definition) is 4. The SMILES string of the molecule is CCC(C)(CO)n1cc([N+](=O)[O-])c(Cl)n1. The van der Waals surface area contributed by atoms with Crippen molar-refractivity contribution in [1.82, 2.24) is 9.78 Å². The van der Waals surface area contributed by atoms with Gasteiger partial charge in [-0.1, -0.05) is 18.5 Å². The van der Waals surface area contributed by atoms with Crippen molar-refractivity contribution in [2.45, 2.75) is 25.8 Å². The first kappa shape index (κ1) is 11.9. The van der Waals surface area contributed by atoms with Crippen molar-refractivity contribution in [3.8, 4) is 0 Å². The van der Waals surface area contributed by atoms with Gasteiger partial charge in [0.1, 0.15) is 6.20 Å². The van der Waals surface area contributed by atoms with E-state index in [1.807, 2.05) is 6.92 Å². The third-order valence-corrected chi connectivity index (χ3v) is 2.77. The highest BCUT2D eigenvalue weighted by atomic mass is 35.5. The number of nitro groups is 1. The van der Waals surface area contributed by atoms with Gasteiger partial charge in [-0.2, -0.15) is 5.10 Å². The topological polar surface area (TPSA) is 81.2 Å². The van der Waals surface area contributed by atoms with E-state index in [2.05, 4.69) is 5.10 Å². The summed E-state index contributed by atoms with van der Waals surface area (Å²) in [6.45, 7) is 3.45. The summed E-state index contributed by atoms with van der Waals surface area (Å²) in [6, 6.07) is 0. The number of aromatic nitrogens is 2. The smallest absolute Gasteiger partial charge is 0.325 e. The van der Waals surface area contributed by atoms with Gasteiger partial charge in [0.15, 0.2) is 0 Å². The standard InChI is InChI=1S/C8H12ClN3O3/c1-3-8(2,5-13)11-4-6(12(14)15)7(9)10-11/h4,13H,3,5H2,1-2H3. The highest BCUT2D eigenvalue weighted by Gasteiger charge is 2.28. The molecule has 1 atom stereocenters. The molecule has 0 bridgehead atoms. The molecule has 7 heteroatoms. The molecule has 0 radical (unpaired) electrons. The van der Waals surface area contributed by atoms with Crippen molar-refractivity contribution in [3.05, 3.63) is 21.5 Å². The Bertz CT molecular complexity index is 373. The van der Waals surface area contributed by atoms with Gasteiger partial charge in [0, 0.05) is 0 Å². The Hall–Kier alpha value is -1.14. The molecule has 1 aromatic rings. The number of hydrogen-bond donors (Lipinski definition) is 1. The first-order valence-electron chi connectivity index (χ1n) is 4.45. The van der Waals surface area contributed by atoms with Crippen molar-refractivity contribution in [1.29, 1.82) is 0 Å². The third-order valence-electron chi connectivity index (χ3n) is 2.50. The Morgan fingerprint density at radius 2 is 2.40 bits per heavy atom. The summed E-state index contributed by atoms with van der Waals surface area (Å²) in [6.07, 6.45) is 1.83. The molecule has 0 aliphatic carbocycles. The maximum Gasteiger partial charge on any atom is 0.325 e. The fourth-order valence-corrected chi connectivity index (χ4v) is 1.29. The summed E-state index contributed by atoms with van der Waals surface area (Å²) in [5.41, 5.74) is -0.900. The van der Waals surface area contributed by atoms with E-state index in [1.165, 1.54) is 10.9 Å². The van der Waals surface area contributed by atoms with Gasteiger partial charge in [-0.05, 0) is 13.3 Å². The number of aliphatic hydroxyl groups is 1. The molecule has 0 saturated carbocycles. The Balaban J connectivity index is 3.17. The fraction of sp³-hybridized carbons (Fsp3) is 0.625. The molecular formula is C8H12ClN3O3. The van der Waals surface area contributed by atoms with Crippen LogP contribution in [0.15, 0.2) is 6.20 Å². The zero-order chi connectivity index (χ0) is 11.6. The number of nitrogens with zero attached hydrogens (tertiary/aromatic N) is 3. The molecule has 0 amide bonds. The van der Waals surface area contributed by atoms with E-state index in [0.717, 1.165) is 0 Å². The molecule has 15 heavy (non-hydrogen) atoms. The molecule has 0 fully saturated rings. The van der Waals surface area contributed by atoms with Crippen LogP contribution in [-0.4, -0.2) is 26.4 Å². The van der Waals surface area contributed by atoms with Gasteiger partial charge in [-0.3, -0.25) is 14.8 Å². The van der Waals surface area contributed by atoms with Crippen LogP contribution in [0.25, 0.3) is 0 Å². The van der Waals surface area contributed by atoms with Crippen LogP contribution in [0.5, 0.6) is 0 Å². The predicted octanol–water partition coefficient (Wildman–Crippen LogP) is 1.56. The molecule has 0 spiro atoms. The largest absolute Gasteiger partial charge is 0.394 e. The maximum atomic E-state index is 10.5. The van der Waals surface area contributed by atoms with Gasteiger partial charge < -0.3 is 5.11 Å². The van der Waals surface area contributed by atoms with E-state index in [1.54, 1.807) is 6.92 Å². The minimum absolute atomic E-state index is 0.154. The Morgan fingerprint density at radius 1 is 1.80 bits per heavy atom. The molecule has 6 nitrogen and oxygen atoms in total. The number of aliphatic hydroxyl groups excluding tert-OH is 1. The summed E-state index contributed by atoms with van der Waals surface area (Å²) in [4.78, 5) is 9.95. The molecule has 0 aromatic carbocycles. The normalized spacial score (nSPS) is 14.9. The summed E-state index contributed by atoms with van der Waals surface area (Å²) < 4.78 is 1.34. The number of rotatable bonds is 4. The second-order valence-electron chi connectivity index (χ2n) is 3.52. The molecule has 1 aromatic heterocycles. The summed E-state index contributed by atoms with van der Waals surface area (Å²) in [5, 5.41) is 23.4. The van der Waals surface area contributed by atoms with Gasteiger partial charge in [-0.25, -0.2) is 0 Å². The minimum atomic E-state index is -0.655. The highest BCUT2D eigenvalue weighted by molar-refractivity contribution is 6.31. The average Bonchev–Trinajstić information content (AvgIpc) is 2.59. The molecule has 0 saturated heterocycles. The summed E-state index contributed by atoms with van der Waals surface area (Å²) >= 11 is 5.60. The lowest BCUT2D eigenvalue weighted by Crippen LogP contribution is -2.33. The third kappa shape index (κ3) is 2.10. The highest BCUT2D eigenvalue weighted by Crippen LogP contribution is 2.27. The van der Waals surface area contributed by atoms with E-state index >= 15 is 0 Å². The van der Waals surface area contributed by atoms with Crippen molar-refractivity contribution in [2.24, 2.45) is 0 Å². The lowest BCUT2D eigenvalue weighted by molar-refractivity contribution is -0.384. The van der Waals surface area contributed by atoms with Crippen LogP contribution in [0.2, 0.25) is 5.15 Å². The average molecular weight is 234 g/mol. The monoisotopic (exact) mass is 233 g/mol. The first-order chi connectivity index (χ1) is 6.94. The Morgan fingerprint density at radius 3 is 2.73 bits per heavy atom. The minimum Gasteiger partial charge on any atom is -0.394 e. The number of halogens is 1. The van der Waals surface area contributed by atoms with Gasteiger partial charge in [0.2, 0.25) is 5.15 Å². The van der Waals surface area contributed by atoms with Gasteiger partial charge in [0.05, 0.1) is 17.1 Å². The second kappa shape index (κ2) is 4.16. The van der Waals surface area contributed by atoms with E-state index in [9.17, 15) is 15.2 Å². The molecule has 84 valence electrons. The van der Waals surface area contributed by atoms with E-state index in [-0.39, 0.29) is 17.4 Å². The predicted molar refractivity (Wildman–Crippen MR) is 54.9 cm³/mol. The van der Waals surface area contributed by atoms with Crippen LogP contribution in [0.4, 0.5) is 5.69 Å². The molecule has 0 aliphatic rings. The van der Waals surface area contributed by atoms with Crippen LogP contribution in [0.3, 0.4) is 0 Å². The van der Waals surface area contributed by atoms with Crippen LogP contribution in [0.1, 0.15) is 20.3 Å². The van der Waals surface area contributed by atoms with Crippen molar-refractivity contribution in [2.75, 3.05) is 6.61 Å². The van der Waals surface area contributed by atoms with Gasteiger partial charge in [-0.15, -0.1) is 0 Å². The fourth-order valence-electron chi connectivity index (χ4n) is 1.09. The molecule has 1 N–H and O–H groups in total.